The van der Waals surface area contributed by atoms with Gasteiger partial charge in [-0.1, -0.05) is 0 Å². The minimum Gasteiger partial charge on any atom is -0.375 e. The molecule has 2 saturated heterocycles. The average Bonchev–Trinajstić information content (AvgIpc) is 2.38. The predicted octanol–water partition coefficient (Wildman–Crippen LogP) is 3.20. The molecule has 2 unspecified atom stereocenters. The maximum absolute atomic E-state index is 6.52. The van der Waals surface area contributed by atoms with Crippen LogP contribution in [0.1, 0.15) is 51.4 Å². The summed E-state index contributed by atoms with van der Waals surface area (Å²) < 4.78 is 6.01. The van der Waals surface area contributed by atoms with Gasteiger partial charge in [0.2, 0.25) is 0 Å². The zero-order chi connectivity index (χ0) is 12.4. The van der Waals surface area contributed by atoms with Crippen LogP contribution in [0.5, 0.6) is 0 Å². The fourth-order valence-corrected chi connectivity index (χ4v) is 5.11. The van der Waals surface area contributed by atoms with Crippen LogP contribution in [0.4, 0.5) is 0 Å². The van der Waals surface area contributed by atoms with Crippen LogP contribution in [0.25, 0.3) is 0 Å². The Morgan fingerprint density at radius 1 is 1.22 bits per heavy atom. The van der Waals surface area contributed by atoms with E-state index >= 15 is 0 Å². The molecule has 2 heterocycles. The Kier molecular flexibility index (Phi) is 4.21. The molecule has 2 atom stereocenters. The molecule has 104 valence electrons. The molecule has 2 nitrogen and oxygen atoms in total. The van der Waals surface area contributed by atoms with Gasteiger partial charge in [-0.05, 0) is 74.7 Å². The Hall–Kier alpha value is 0.270. The number of hydrogen-bond donors (Lipinski definition) is 1. The van der Waals surface area contributed by atoms with Crippen LogP contribution in [-0.2, 0) is 4.74 Å². The first-order chi connectivity index (χ1) is 8.77. The average molecular weight is 269 g/mol. The van der Waals surface area contributed by atoms with Crippen LogP contribution >= 0.6 is 11.8 Å². The molecule has 0 aromatic heterocycles. The first-order valence-electron chi connectivity index (χ1n) is 7.75. The molecule has 0 bridgehead atoms. The van der Waals surface area contributed by atoms with E-state index in [1.165, 1.54) is 62.9 Å². The fraction of sp³-hybridized carbons (Fsp3) is 1.00. The number of nitrogens with two attached hydrogens (primary N) is 1. The van der Waals surface area contributed by atoms with Gasteiger partial charge in [-0.15, -0.1) is 0 Å². The first kappa shape index (κ1) is 13.3. The van der Waals surface area contributed by atoms with Crippen molar-refractivity contribution in [3.05, 3.63) is 0 Å². The van der Waals surface area contributed by atoms with E-state index in [0.29, 0.717) is 6.04 Å². The molecule has 2 aliphatic heterocycles. The van der Waals surface area contributed by atoms with Crippen molar-refractivity contribution < 1.29 is 4.74 Å². The van der Waals surface area contributed by atoms with E-state index < -0.39 is 0 Å². The number of rotatable bonds is 3. The van der Waals surface area contributed by atoms with Gasteiger partial charge in [0, 0.05) is 12.6 Å². The van der Waals surface area contributed by atoms with Crippen molar-refractivity contribution in [1.82, 2.24) is 0 Å². The van der Waals surface area contributed by atoms with Gasteiger partial charge in [-0.2, -0.15) is 11.8 Å². The SMILES string of the molecule is NC(CC1CCSCC1)C1CCOC2(CCC2)C1. The van der Waals surface area contributed by atoms with Gasteiger partial charge in [0.15, 0.2) is 0 Å². The Morgan fingerprint density at radius 3 is 2.67 bits per heavy atom. The van der Waals surface area contributed by atoms with Crippen molar-refractivity contribution in [2.24, 2.45) is 17.6 Å². The predicted molar refractivity (Wildman–Crippen MR) is 77.9 cm³/mol. The van der Waals surface area contributed by atoms with Crippen molar-refractivity contribution >= 4 is 11.8 Å². The second-order valence-electron chi connectivity index (χ2n) is 6.59. The third-order valence-corrected chi connectivity index (χ3v) is 6.40. The highest BCUT2D eigenvalue weighted by Crippen LogP contribution is 2.45. The molecule has 0 amide bonds. The van der Waals surface area contributed by atoms with Crippen molar-refractivity contribution in [3.8, 4) is 0 Å². The summed E-state index contributed by atoms with van der Waals surface area (Å²) in [7, 11) is 0. The highest BCUT2D eigenvalue weighted by Gasteiger charge is 2.43. The summed E-state index contributed by atoms with van der Waals surface area (Å²) >= 11 is 2.11. The summed E-state index contributed by atoms with van der Waals surface area (Å²) in [5, 5.41) is 0. The van der Waals surface area contributed by atoms with Crippen LogP contribution in [0.2, 0.25) is 0 Å². The Balaban J connectivity index is 1.50. The van der Waals surface area contributed by atoms with Crippen molar-refractivity contribution in [1.29, 1.82) is 0 Å². The van der Waals surface area contributed by atoms with Gasteiger partial charge in [0.1, 0.15) is 0 Å². The summed E-state index contributed by atoms with van der Waals surface area (Å²) in [6, 6.07) is 0.430. The largest absolute Gasteiger partial charge is 0.375 e. The van der Waals surface area contributed by atoms with Gasteiger partial charge in [0.05, 0.1) is 5.60 Å². The maximum Gasteiger partial charge on any atom is 0.0685 e. The summed E-state index contributed by atoms with van der Waals surface area (Å²) in [6.45, 7) is 0.957. The molecule has 0 aromatic rings. The van der Waals surface area contributed by atoms with Crippen molar-refractivity contribution in [2.75, 3.05) is 18.1 Å². The minimum absolute atomic E-state index is 0.267. The molecule has 1 spiro atoms. The summed E-state index contributed by atoms with van der Waals surface area (Å²) in [6.07, 6.45) is 10.4. The monoisotopic (exact) mass is 269 g/mol. The molecule has 1 saturated carbocycles. The standard InChI is InChI=1S/C15H27NOS/c16-14(10-12-3-8-18-9-4-12)13-2-7-17-15(11-13)5-1-6-15/h12-14H,1-11,16H2. The van der Waals surface area contributed by atoms with Crippen LogP contribution < -0.4 is 5.73 Å². The van der Waals surface area contributed by atoms with Gasteiger partial charge >= 0.3 is 0 Å². The molecule has 18 heavy (non-hydrogen) atoms. The van der Waals surface area contributed by atoms with Gasteiger partial charge < -0.3 is 10.5 Å². The molecule has 3 fully saturated rings. The molecular weight excluding hydrogens is 242 g/mol. The van der Waals surface area contributed by atoms with Crippen molar-refractivity contribution in [3.63, 3.8) is 0 Å². The molecule has 1 aliphatic carbocycles. The lowest BCUT2D eigenvalue weighted by Gasteiger charge is -2.48. The van der Waals surface area contributed by atoms with Gasteiger partial charge in [-0.3, -0.25) is 0 Å². The molecule has 3 heteroatoms. The lowest BCUT2D eigenvalue weighted by molar-refractivity contribution is -0.146. The van der Waals surface area contributed by atoms with E-state index in [4.69, 9.17) is 10.5 Å². The van der Waals surface area contributed by atoms with E-state index in [9.17, 15) is 0 Å². The number of thioether (sulfide) groups is 1. The normalized spacial score (nSPS) is 34.2. The highest BCUT2D eigenvalue weighted by molar-refractivity contribution is 7.99. The second kappa shape index (κ2) is 5.72. The third kappa shape index (κ3) is 2.88. The Labute approximate surface area is 115 Å². The summed E-state index contributed by atoms with van der Waals surface area (Å²) in [4.78, 5) is 0. The third-order valence-electron chi connectivity index (χ3n) is 5.35. The molecular formula is C15H27NOS. The molecule has 3 rings (SSSR count). The molecule has 0 aromatic carbocycles. The Morgan fingerprint density at radius 2 is 2.00 bits per heavy atom. The highest BCUT2D eigenvalue weighted by atomic mass is 32.2. The quantitative estimate of drug-likeness (QED) is 0.854. The second-order valence-corrected chi connectivity index (χ2v) is 7.82. The van der Waals surface area contributed by atoms with Crippen LogP contribution in [0.15, 0.2) is 0 Å². The summed E-state index contributed by atoms with van der Waals surface area (Å²) in [5.74, 6) is 4.35. The van der Waals surface area contributed by atoms with Gasteiger partial charge in [-0.25, -0.2) is 0 Å². The Bertz CT molecular complexity index is 274. The molecule has 3 aliphatic rings. The van der Waals surface area contributed by atoms with Crippen LogP contribution in [0.3, 0.4) is 0 Å². The maximum atomic E-state index is 6.52. The molecule has 0 radical (unpaired) electrons. The van der Waals surface area contributed by atoms with E-state index in [-0.39, 0.29) is 5.60 Å². The number of ether oxygens (including phenoxy) is 1. The first-order valence-corrected chi connectivity index (χ1v) is 8.90. The fourth-order valence-electron chi connectivity index (χ4n) is 3.91. The topological polar surface area (TPSA) is 35.2 Å². The summed E-state index contributed by atoms with van der Waals surface area (Å²) in [5.41, 5.74) is 6.78. The lowest BCUT2D eigenvalue weighted by atomic mass is 9.69. The molecule has 2 N–H and O–H groups in total. The van der Waals surface area contributed by atoms with Crippen molar-refractivity contribution in [2.45, 2.75) is 63.0 Å². The smallest absolute Gasteiger partial charge is 0.0685 e. The van der Waals surface area contributed by atoms with E-state index in [1.54, 1.807) is 0 Å². The zero-order valence-electron chi connectivity index (χ0n) is 11.4. The van der Waals surface area contributed by atoms with Gasteiger partial charge in [0.25, 0.3) is 0 Å². The van der Waals surface area contributed by atoms with E-state index in [2.05, 4.69) is 11.8 Å². The lowest BCUT2D eigenvalue weighted by Crippen LogP contribution is -2.49. The van der Waals surface area contributed by atoms with Crippen LogP contribution in [0, 0.1) is 11.8 Å². The minimum atomic E-state index is 0.267. The number of hydrogen-bond acceptors (Lipinski definition) is 3. The van der Waals surface area contributed by atoms with E-state index in [0.717, 1.165) is 18.4 Å². The van der Waals surface area contributed by atoms with E-state index in [1.807, 2.05) is 0 Å². The van der Waals surface area contributed by atoms with Crippen LogP contribution in [-0.4, -0.2) is 29.8 Å². The zero-order valence-corrected chi connectivity index (χ0v) is 12.2.